The number of aryl methyl sites for hydroxylation is 2. The molecule has 0 bridgehead atoms. The molecule has 6 N–H and O–H groups in total. The highest BCUT2D eigenvalue weighted by atomic mass is 16.2. The molecular formula is C14H19N9O3. The molecule has 0 aliphatic rings. The molecule has 0 aromatic carbocycles. The third-order valence-corrected chi connectivity index (χ3v) is 3.29. The van der Waals surface area contributed by atoms with Crippen molar-refractivity contribution >= 4 is 35.7 Å². The van der Waals surface area contributed by atoms with E-state index in [1.807, 2.05) is 0 Å². The molecule has 138 valence electrons. The van der Waals surface area contributed by atoms with Gasteiger partial charge in [-0.2, -0.15) is 0 Å². The van der Waals surface area contributed by atoms with Crippen molar-refractivity contribution in [1.82, 2.24) is 24.4 Å². The van der Waals surface area contributed by atoms with Gasteiger partial charge in [0.2, 0.25) is 18.1 Å². The molecule has 2 aromatic heterocycles. The van der Waals surface area contributed by atoms with Crippen molar-refractivity contribution in [2.24, 2.45) is 19.8 Å². The maximum atomic E-state index is 12.3. The predicted octanol–water partition coefficient (Wildman–Crippen LogP) is -0.970. The van der Waals surface area contributed by atoms with E-state index in [-0.39, 0.29) is 42.1 Å². The molecule has 26 heavy (non-hydrogen) atoms. The molecule has 0 saturated carbocycles. The SMILES string of the molecule is Cn1cc(NC(=O)c2nc(NC=O)cn2C)nc1C(=O)NCCC(=N)N. The summed E-state index contributed by atoms with van der Waals surface area (Å²) in [5, 5.41) is 14.6. The van der Waals surface area contributed by atoms with Crippen molar-refractivity contribution in [3.8, 4) is 0 Å². The molecule has 3 amide bonds. The zero-order valence-corrected chi connectivity index (χ0v) is 14.2. The van der Waals surface area contributed by atoms with Gasteiger partial charge in [0.15, 0.2) is 11.6 Å². The quantitative estimate of drug-likeness (QED) is 0.230. The Morgan fingerprint density at radius 2 is 1.73 bits per heavy atom. The maximum Gasteiger partial charge on any atom is 0.292 e. The Labute approximate surface area is 148 Å². The maximum absolute atomic E-state index is 12.3. The van der Waals surface area contributed by atoms with Crippen LogP contribution in [0.4, 0.5) is 11.6 Å². The molecule has 2 aromatic rings. The number of amidine groups is 1. The van der Waals surface area contributed by atoms with Crippen molar-refractivity contribution in [2.45, 2.75) is 6.42 Å². The molecule has 0 saturated heterocycles. The second kappa shape index (κ2) is 7.92. The van der Waals surface area contributed by atoms with E-state index in [1.54, 1.807) is 14.1 Å². The molecule has 2 rings (SSSR count). The van der Waals surface area contributed by atoms with E-state index in [0.717, 1.165) is 0 Å². The van der Waals surface area contributed by atoms with E-state index in [0.29, 0.717) is 6.41 Å². The van der Waals surface area contributed by atoms with Crippen LogP contribution >= 0.6 is 0 Å². The topological polar surface area (TPSA) is 173 Å². The summed E-state index contributed by atoms with van der Waals surface area (Å²) < 4.78 is 2.90. The molecule has 12 nitrogen and oxygen atoms in total. The lowest BCUT2D eigenvalue weighted by atomic mass is 10.4. The van der Waals surface area contributed by atoms with Crippen molar-refractivity contribution < 1.29 is 14.4 Å². The Bertz CT molecular complexity index is 852. The molecule has 0 atom stereocenters. The molecule has 0 fully saturated rings. The molecular weight excluding hydrogens is 342 g/mol. The van der Waals surface area contributed by atoms with E-state index >= 15 is 0 Å². The number of carbonyl (C=O) groups excluding carboxylic acids is 3. The van der Waals surface area contributed by atoms with Crippen molar-refractivity contribution in [3.63, 3.8) is 0 Å². The van der Waals surface area contributed by atoms with Gasteiger partial charge in [0, 0.05) is 39.5 Å². The van der Waals surface area contributed by atoms with Crippen LogP contribution in [0, 0.1) is 5.41 Å². The molecule has 0 aliphatic heterocycles. The third kappa shape index (κ3) is 4.43. The van der Waals surface area contributed by atoms with E-state index < -0.39 is 11.8 Å². The lowest BCUT2D eigenvalue weighted by molar-refractivity contribution is -0.105. The van der Waals surface area contributed by atoms with Gasteiger partial charge < -0.3 is 30.8 Å². The average Bonchev–Trinajstić information content (AvgIpc) is 3.10. The number of nitrogens with one attached hydrogen (secondary N) is 4. The summed E-state index contributed by atoms with van der Waals surface area (Å²) in [5.74, 6) is -0.478. The third-order valence-electron chi connectivity index (χ3n) is 3.29. The van der Waals surface area contributed by atoms with Crippen LogP contribution in [0.5, 0.6) is 0 Å². The predicted molar refractivity (Wildman–Crippen MR) is 92.9 cm³/mol. The fraction of sp³-hybridized carbons (Fsp3) is 0.286. The van der Waals surface area contributed by atoms with Crippen LogP contribution in [-0.2, 0) is 18.9 Å². The second-order valence-electron chi connectivity index (χ2n) is 5.37. The number of hydrogen-bond donors (Lipinski definition) is 5. The lowest BCUT2D eigenvalue weighted by Crippen LogP contribution is -2.29. The highest BCUT2D eigenvalue weighted by Gasteiger charge is 2.18. The van der Waals surface area contributed by atoms with E-state index in [2.05, 4.69) is 25.9 Å². The number of carbonyl (C=O) groups is 3. The van der Waals surface area contributed by atoms with Gasteiger partial charge in [-0.1, -0.05) is 0 Å². The average molecular weight is 361 g/mol. The lowest BCUT2D eigenvalue weighted by Gasteiger charge is -2.03. The zero-order valence-electron chi connectivity index (χ0n) is 14.2. The summed E-state index contributed by atoms with van der Waals surface area (Å²) in [7, 11) is 3.21. The van der Waals surface area contributed by atoms with Gasteiger partial charge in [0.25, 0.3) is 11.8 Å². The van der Waals surface area contributed by atoms with Gasteiger partial charge in [-0.05, 0) is 0 Å². The van der Waals surface area contributed by atoms with Crippen molar-refractivity contribution in [3.05, 3.63) is 24.0 Å². The highest BCUT2D eigenvalue weighted by molar-refractivity contribution is 6.02. The van der Waals surface area contributed by atoms with Gasteiger partial charge in [-0.15, -0.1) is 0 Å². The van der Waals surface area contributed by atoms with Crippen LogP contribution in [-0.4, -0.2) is 49.7 Å². The number of nitrogens with two attached hydrogens (primary N) is 1. The fourth-order valence-corrected chi connectivity index (χ4v) is 2.11. The molecule has 0 aliphatic carbocycles. The van der Waals surface area contributed by atoms with E-state index in [4.69, 9.17) is 11.1 Å². The fourth-order valence-electron chi connectivity index (χ4n) is 2.11. The number of amides is 3. The van der Waals surface area contributed by atoms with Crippen molar-refractivity contribution in [1.29, 1.82) is 5.41 Å². The monoisotopic (exact) mass is 361 g/mol. The summed E-state index contributed by atoms with van der Waals surface area (Å²) in [4.78, 5) is 42.9. The molecule has 0 radical (unpaired) electrons. The Morgan fingerprint density at radius 3 is 2.35 bits per heavy atom. The normalized spacial score (nSPS) is 10.2. The Hall–Kier alpha value is -3.70. The second-order valence-corrected chi connectivity index (χ2v) is 5.37. The first kappa shape index (κ1) is 18.6. The first-order chi connectivity index (χ1) is 12.3. The number of anilines is 2. The minimum atomic E-state index is -0.548. The number of hydrogen-bond acceptors (Lipinski definition) is 6. The van der Waals surface area contributed by atoms with Crippen LogP contribution < -0.4 is 21.7 Å². The highest BCUT2D eigenvalue weighted by Crippen LogP contribution is 2.11. The minimum absolute atomic E-state index is 0.0309. The van der Waals surface area contributed by atoms with Crippen LogP contribution in [0.15, 0.2) is 12.4 Å². The first-order valence-electron chi connectivity index (χ1n) is 7.51. The van der Waals surface area contributed by atoms with Crippen LogP contribution in [0.3, 0.4) is 0 Å². The summed E-state index contributed by atoms with van der Waals surface area (Å²) in [6, 6.07) is 0. The van der Waals surface area contributed by atoms with Gasteiger partial charge in [-0.3, -0.25) is 19.8 Å². The van der Waals surface area contributed by atoms with Gasteiger partial charge >= 0.3 is 0 Å². The number of rotatable bonds is 8. The van der Waals surface area contributed by atoms with Gasteiger partial charge in [-0.25, -0.2) is 9.97 Å². The smallest absolute Gasteiger partial charge is 0.292 e. The summed E-state index contributed by atoms with van der Waals surface area (Å²) in [5.41, 5.74) is 5.23. The standard InChI is InChI=1S/C14H19N9O3/c1-22-5-9(18-7-24)19-12(22)14(26)21-10-6-23(2)11(20-10)13(25)17-4-3-8(15)16/h5-7H,3-4H2,1-2H3,(H3,15,16)(H,17,25)(H,18,24)(H,21,26). The summed E-state index contributed by atoms with van der Waals surface area (Å²) in [6.07, 6.45) is 3.65. The first-order valence-corrected chi connectivity index (χ1v) is 7.51. The Morgan fingerprint density at radius 1 is 1.15 bits per heavy atom. The number of aromatic nitrogens is 4. The molecule has 2 heterocycles. The minimum Gasteiger partial charge on any atom is -0.388 e. The van der Waals surface area contributed by atoms with Crippen LogP contribution in [0.2, 0.25) is 0 Å². The number of nitrogens with zero attached hydrogens (tertiary/aromatic N) is 4. The summed E-state index contributed by atoms with van der Waals surface area (Å²) >= 11 is 0. The molecule has 0 unspecified atom stereocenters. The zero-order chi connectivity index (χ0) is 19.3. The van der Waals surface area contributed by atoms with E-state index in [1.165, 1.54) is 21.5 Å². The van der Waals surface area contributed by atoms with Gasteiger partial charge in [0.05, 0.1) is 5.84 Å². The van der Waals surface area contributed by atoms with Gasteiger partial charge in [0.1, 0.15) is 0 Å². The van der Waals surface area contributed by atoms with Crippen molar-refractivity contribution in [2.75, 3.05) is 17.2 Å². The molecule has 12 heteroatoms. The largest absolute Gasteiger partial charge is 0.388 e. The number of imidazole rings is 2. The molecule has 0 spiro atoms. The van der Waals surface area contributed by atoms with Crippen LogP contribution in [0.25, 0.3) is 0 Å². The Balaban J connectivity index is 2.06. The van der Waals surface area contributed by atoms with Crippen LogP contribution in [0.1, 0.15) is 27.7 Å². The Kier molecular flexibility index (Phi) is 5.67. The van der Waals surface area contributed by atoms with E-state index in [9.17, 15) is 14.4 Å². The summed E-state index contributed by atoms with van der Waals surface area (Å²) in [6.45, 7) is 0.211.